The number of carbonyl (C=O) groups excluding carboxylic acids is 1. The predicted octanol–water partition coefficient (Wildman–Crippen LogP) is 0.957. The number of aryl methyl sites for hydroxylation is 1. The summed E-state index contributed by atoms with van der Waals surface area (Å²) in [6, 6.07) is 6.52. The number of amides is 2. The normalized spacial score (nSPS) is 9.08. The van der Waals surface area contributed by atoms with Crippen molar-refractivity contribution in [3.63, 3.8) is 0 Å². The average molecular weight is 166 g/mol. The molecule has 2 amide bonds. The van der Waals surface area contributed by atoms with E-state index in [0.29, 0.717) is 5.75 Å². The Morgan fingerprint density at radius 3 is 2.50 bits per heavy atom. The van der Waals surface area contributed by atoms with Crippen LogP contribution in [0.5, 0.6) is 5.75 Å². The number of nitrogens with one attached hydrogen (secondary N) is 1. The lowest BCUT2D eigenvalue weighted by Crippen LogP contribution is -2.32. The lowest BCUT2D eigenvalue weighted by Gasteiger charge is -2.03. The minimum absolute atomic E-state index is 0.555. The molecule has 4 heteroatoms. The maximum Gasteiger partial charge on any atom is 0.345 e. The van der Waals surface area contributed by atoms with Crippen LogP contribution in [0.25, 0.3) is 0 Å². The number of hydrogen-bond acceptors (Lipinski definition) is 2. The molecule has 0 unspecified atom stereocenters. The largest absolute Gasteiger partial charge is 0.378 e. The third kappa shape index (κ3) is 2.49. The second-order valence-electron chi connectivity index (χ2n) is 2.38. The minimum Gasteiger partial charge on any atom is -0.378 e. The summed E-state index contributed by atoms with van der Waals surface area (Å²) in [5, 5.41) is 0. The van der Waals surface area contributed by atoms with Gasteiger partial charge in [-0.3, -0.25) is 0 Å². The fraction of sp³-hybridized carbons (Fsp3) is 0.125. The van der Waals surface area contributed by atoms with Gasteiger partial charge in [-0.05, 0) is 19.1 Å². The van der Waals surface area contributed by atoms with E-state index in [-0.39, 0.29) is 0 Å². The smallest absolute Gasteiger partial charge is 0.345 e. The van der Waals surface area contributed by atoms with E-state index < -0.39 is 6.03 Å². The SMILES string of the molecule is Cc1ccc(ONC(N)=O)cc1. The number of hydrogen-bond donors (Lipinski definition) is 2. The molecule has 1 aromatic carbocycles. The van der Waals surface area contributed by atoms with Crippen molar-refractivity contribution < 1.29 is 9.63 Å². The lowest BCUT2D eigenvalue weighted by atomic mass is 10.2. The molecule has 64 valence electrons. The van der Waals surface area contributed by atoms with Gasteiger partial charge in [0, 0.05) is 0 Å². The molecule has 0 aliphatic carbocycles. The molecule has 1 rings (SSSR count). The van der Waals surface area contributed by atoms with Gasteiger partial charge in [-0.2, -0.15) is 5.48 Å². The molecule has 0 saturated heterocycles. The van der Waals surface area contributed by atoms with Crippen LogP contribution in [0.1, 0.15) is 5.56 Å². The zero-order chi connectivity index (χ0) is 8.97. The van der Waals surface area contributed by atoms with Crippen LogP contribution in [0, 0.1) is 6.92 Å². The van der Waals surface area contributed by atoms with E-state index in [1.54, 1.807) is 12.1 Å². The fourth-order valence-electron chi connectivity index (χ4n) is 0.716. The van der Waals surface area contributed by atoms with Crippen molar-refractivity contribution >= 4 is 6.03 Å². The molecule has 0 aliphatic heterocycles. The van der Waals surface area contributed by atoms with Gasteiger partial charge >= 0.3 is 6.03 Å². The molecule has 0 atom stereocenters. The number of benzene rings is 1. The van der Waals surface area contributed by atoms with Gasteiger partial charge in [0.25, 0.3) is 0 Å². The van der Waals surface area contributed by atoms with Crippen molar-refractivity contribution in [1.82, 2.24) is 5.48 Å². The Morgan fingerprint density at radius 1 is 1.42 bits per heavy atom. The number of primary amides is 1. The summed E-state index contributed by atoms with van der Waals surface area (Å²) >= 11 is 0. The molecule has 1 aromatic rings. The summed E-state index contributed by atoms with van der Waals surface area (Å²) in [5.41, 5.74) is 7.94. The highest BCUT2D eigenvalue weighted by atomic mass is 16.7. The van der Waals surface area contributed by atoms with E-state index in [0.717, 1.165) is 5.56 Å². The first-order valence-corrected chi connectivity index (χ1v) is 3.47. The van der Waals surface area contributed by atoms with E-state index in [9.17, 15) is 4.79 Å². The molecular weight excluding hydrogens is 156 g/mol. The summed E-state index contributed by atoms with van der Waals surface area (Å²) in [7, 11) is 0. The number of urea groups is 1. The van der Waals surface area contributed by atoms with Crippen LogP contribution < -0.4 is 16.1 Å². The number of carbonyl (C=O) groups is 1. The first-order valence-electron chi connectivity index (χ1n) is 3.47. The molecule has 0 radical (unpaired) electrons. The molecule has 0 aromatic heterocycles. The number of hydroxylamine groups is 1. The van der Waals surface area contributed by atoms with E-state index in [2.05, 4.69) is 0 Å². The second kappa shape index (κ2) is 3.61. The van der Waals surface area contributed by atoms with E-state index in [4.69, 9.17) is 10.6 Å². The Hall–Kier alpha value is -1.71. The van der Waals surface area contributed by atoms with Crippen molar-refractivity contribution in [2.75, 3.05) is 0 Å². The van der Waals surface area contributed by atoms with Gasteiger partial charge in [-0.15, -0.1) is 0 Å². The van der Waals surface area contributed by atoms with Crippen LogP contribution >= 0.6 is 0 Å². The molecule has 0 saturated carbocycles. The molecule has 0 aliphatic rings. The van der Waals surface area contributed by atoms with Crippen molar-refractivity contribution in [3.8, 4) is 5.75 Å². The molecule has 3 N–H and O–H groups in total. The van der Waals surface area contributed by atoms with Gasteiger partial charge in [-0.1, -0.05) is 17.7 Å². The predicted molar refractivity (Wildman–Crippen MR) is 44.5 cm³/mol. The zero-order valence-corrected chi connectivity index (χ0v) is 6.70. The third-order valence-corrected chi connectivity index (χ3v) is 1.29. The Balaban J connectivity index is 2.53. The lowest BCUT2D eigenvalue weighted by molar-refractivity contribution is 0.185. The first kappa shape index (κ1) is 8.39. The van der Waals surface area contributed by atoms with Crippen LogP contribution in [0.15, 0.2) is 24.3 Å². The Kier molecular flexibility index (Phi) is 2.53. The van der Waals surface area contributed by atoms with E-state index in [1.165, 1.54) is 0 Å². The Bertz CT molecular complexity index is 269. The molecule has 0 spiro atoms. The van der Waals surface area contributed by atoms with Crippen LogP contribution in [0.4, 0.5) is 4.79 Å². The highest BCUT2D eigenvalue weighted by Gasteiger charge is 1.93. The molecule has 4 nitrogen and oxygen atoms in total. The van der Waals surface area contributed by atoms with Crippen molar-refractivity contribution in [3.05, 3.63) is 29.8 Å². The van der Waals surface area contributed by atoms with Crippen LogP contribution in [-0.4, -0.2) is 6.03 Å². The van der Waals surface area contributed by atoms with Gasteiger partial charge < -0.3 is 10.6 Å². The zero-order valence-electron chi connectivity index (χ0n) is 6.70. The highest BCUT2D eigenvalue weighted by molar-refractivity contribution is 5.70. The average Bonchev–Trinajstić information content (AvgIpc) is 2.03. The van der Waals surface area contributed by atoms with Gasteiger partial charge in [-0.25, -0.2) is 4.79 Å². The topological polar surface area (TPSA) is 64.3 Å². The van der Waals surface area contributed by atoms with Crippen molar-refractivity contribution in [2.24, 2.45) is 5.73 Å². The van der Waals surface area contributed by atoms with E-state index in [1.807, 2.05) is 24.5 Å². The summed E-state index contributed by atoms with van der Waals surface area (Å²) in [6.45, 7) is 1.96. The molecular formula is C8H10N2O2. The second-order valence-corrected chi connectivity index (χ2v) is 2.38. The van der Waals surface area contributed by atoms with Crippen LogP contribution in [0.3, 0.4) is 0 Å². The number of rotatable bonds is 2. The van der Waals surface area contributed by atoms with Crippen LogP contribution in [0.2, 0.25) is 0 Å². The summed E-state index contributed by atoms with van der Waals surface area (Å²) < 4.78 is 0. The molecule has 12 heavy (non-hydrogen) atoms. The molecule has 0 bridgehead atoms. The van der Waals surface area contributed by atoms with Gasteiger partial charge in [0.1, 0.15) is 0 Å². The first-order chi connectivity index (χ1) is 5.68. The Labute approximate surface area is 70.3 Å². The maximum atomic E-state index is 10.2. The van der Waals surface area contributed by atoms with Gasteiger partial charge in [0.05, 0.1) is 0 Å². The quantitative estimate of drug-likeness (QED) is 0.642. The third-order valence-electron chi connectivity index (χ3n) is 1.29. The summed E-state index contributed by atoms with van der Waals surface area (Å²) in [4.78, 5) is 15.0. The van der Waals surface area contributed by atoms with Gasteiger partial charge in [0.15, 0.2) is 5.75 Å². The monoisotopic (exact) mass is 166 g/mol. The van der Waals surface area contributed by atoms with Crippen LogP contribution in [-0.2, 0) is 0 Å². The maximum absolute atomic E-state index is 10.2. The standard InChI is InChI=1S/C8H10N2O2/c1-6-2-4-7(5-3-6)12-10-8(9)11/h2-5H,1H3,(H3,9,10,11). The molecule has 0 heterocycles. The highest BCUT2D eigenvalue weighted by Crippen LogP contribution is 2.09. The summed E-state index contributed by atoms with van der Waals surface area (Å²) in [6.07, 6.45) is 0. The Morgan fingerprint density at radius 2 is 2.00 bits per heavy atom. The van der Waals surface area contributed by atoms with Crippen molar-refractivity contribution in [2.45, 2.75) is 6.92 Å². The summed E-state index contributed by atoms with van der Waals surface area (Å²) in [5.74, 6) is 0.555. The number of nitrogens with two attached hydrogens (primary N) is 1. The fourth-order valence-corrected chi connectivity index (χ4v) is 0.716. The van der Waals surface area contributed by atoms with E-state index >= 15 is 0 Å². The molecule has 0 fully saturated rings. The van der Waals surface area contributed by atoms with Crippen molar-refractivity contribution in [1.29, 1.82) is 0 Å². The van der Waals surface area contributed by atoms with Gasteiger partial charge in [0.2, 0.25) is 0 Å². The minimum atomic E-state index is -0.712.